The Morgan fingerprint density at radius 2 is 1.72 bits per heavy atom. The van der Waals surface area contributed by atoms with Gasteiger partial charge in [0.2, 0.25) is 0 Å². The van der Waals surface area contributed by atoms with Gasteiger partial charge < -0.3 is 10.1 Å². The van der Waals surface area contributed by atoms with Gasteiger partial charge in [-0.2, -0.15) is 0 Å². The number of nitrogens with one attached hydrogen (secondary N) is 1. The van der Waals surface area contributed by atoms with Crippen molar-refractivity contribution in [3.8, 4) is 16.9 Å². The minimum Gasteiger partial charge on any atom is -0.494 e. The normalized spacial score (nSPS) is 10.7. The van der Waals surface area contributed by atoms with Gasteiger partial charge in [0.15, 0.2) is 6.29 Å². The van der Waals surface area contributed by atoms with Crippen LogP contribution in [-0.4, -0.2) is 18.6 Å². The first-order valence-electron chi connectivity index (χ1n) is 11.1. The van der Waals surface area contributed by atoms with Gasteiger partial charge in [0, 0.05) is 11.3 Å². The molecule has 0 aliphatic rings. The van der Waals surface area contributed by atoms with E-state index in [0.717, 1.165) is 67.4 Å². The van der Waals surface area contributed by atoms with Gasteiger partial charge in [-0.1, -0.05) is 57.4 Å². The molecule has 0 spiro atoms. The van der Waals surface area contributed by atoms with Crippen molar-refractivity contribution in [1.82, 2.24) is 0 Å². The van der Waals surface area contributed by atoms with Gasteiger partial charge in [-0.25, -0.2) is 0 Å². The van der Waals surface area contributed by atoms with E-state index >= 15 is 0 Å². The van der Waals surface area contributed by atoms with Crippen molar-refractivity contribution in [2.75, 3.05) is 6.61 Å². The van der Waals surface area contributed by atoms with E-state index in [2.05, 4.69) is 38.1 Å². The Hall–Kier alpha value is -2.42. The van der Waals surface area contributed by atoms with E-state index in [1.165, 1.54) is 24.8 Å². The molecule has 2 rings (SSSR count). The van der Waals surface area contributed by atoms with Crippen LogP contribution in [-0.2, 0) is 6.42 Å². The second-order valence-corrected chi connectivity index (χ2v) is 7.68. The summed E-state index contributed by atoms with van der Waals surface area (Å²) in [7, 11) is 0. The fourth-order valence-corrected chi connectivity index (χ4v) is 3.47. The van der Waals surface area contributed by atoms with Gasteiger partial charge in [-0.15, -0.1) is 0 Å². The first-order chi connectivity index (χ1) is 14.2. The Labute approximate surface area is 176 Å². The number of rotatable bonds is 14. The number of unbranched alkanes of at least 4 members (excludes halogenated alkanes) is 3. The number of hydrogen-bond donors (Lipinski definition) is 1. The molecule has 0 unspecified atom stereocenters. The number of benzene rings is 2. The molecule has 0 aliphatic carbocycles. The van der Waals surface area contributed by atoms with Gasteiger partial charge >= 0.3 is 0 Å². The van der Waals surface area contributed by atoms with Crippen LogP contribution in [0.2, 0.25) is 0 Å². The second kappa shape index (κ2) is 12.9. The summed E-state index contributed by atoms with van der Waals surface area (Å²) in [6.45, 7) is 4.96. The maximum atomic E-state index is 11.5. The Bertz CT molecular complexity index is 765. The number of carbonyl (C=O) groups excluding carboxylic acids is 1. The summed E-state index contributed by atoms with van der Waals surface area (Å²) in [6, 6.07) is 14.2. The van der Waals surface area contributed by atoms with E-state index in [0.29, 0.717) is 12.2 Å². The molecule has 1 N–H and O–H groups in total. The number of hydrogen-bond acceptors (Lipinski definition) is 3. The zero-order chi connectivity index (χ0) is 20.9. The average molecular weight is 394 g/mol. The quantitative estimate of drug-likeness (QED) is 0.208. The number of ether oxygens (including phenoxy) is 1. The summed E-state index contributed by atoms with van der Waals surface area (Å²) in [5, 5.41) is 7.84. The summed E-state index contributed by atoms with van der Waals surface area (Å²) in [5.41, 5.74) is 4.83. The van der Waals surface area contributed by atoms with E-state index in [4.69, 9.17) is 10.1 Å². The number of aryl methyl sites for hydroxylation is 1. The average Bonchev–Trinajstić information content (AvgIpc) is 2.74. The van der Waals surface area contributed by atoms with Gasteiger partial charge in [0.05, 0.1) is 6.61 Å². The standard InChI is InChI=1S/C26H35NO2/c1-3-5-6-10-21-12-14-22(15-13-21)26-19-25(17-16-23(26)20-28)29-18-8-7-11-24(27)9-4-2/h12-17,19-20,27H,3-11,18H2,1-2H3. The van der Waals surface area contributed by atoms with Crippen LogP contribution >= 0.6 is 0 Å². The highest BCUT2D eigenvalue weighted by Gasteiger charge is 2.08. The van der Waals surface area contributed by atoms with Crippen molar-refractivity contribution in [2.45, 2.75) is 71.6 Å². The lowest BCUT2D eigenvalue weighted by Crippen LogP contribution is -2.01. The molecule has 0 saturated heterocycles. The van der Waals surface area contributed by atoms with Crippen molar-refractivity contribution in [3.05, 3.63) is 53.6 Å². The first-order valence-corrected chi connectivity index (χ1v) is 11.1. The van der Waals surface area contributed by atoms with Crippen molar-refractivity contribution in [2.24, 2.45) is 0 Å². The third-order valence-electron chi connectivity index (χ3n) is 5.18. The molecule has 3 nitrogen and oxygen atoms in total. The van der Waals surface area contributed by atoms with Crippen LogP contribution in [0.25, 0.3) is 11.1 Å². The van der Waals surface area contributed by atoms with Gasteiger partial charge in [-0.05, 0) is 73.4 Å². The smallest absolute Gasteiger partial charge is 0.150 e. The van der Waals surface area contributed by atoms with Crippen LogP contribution in [0.3, 0.4) is 0 Å². The molecule has 0 amide bonds. The predicted octanol–water partition coefficient (Wildman–Crippen LogP) is 7.27. The minimum absolute atomic E-state index is 0.635. The molecule has 0 fully saturated rings. The van der Waals surface area contributed by atoms with E-state index in [-0.39, 0.29) is 0 Å². The second-order valence-electron chi connectivity index (χ2n) is 7.68. The molecular weight excluding hydrogens is 358 g/mol. The lowest BCUT2D eigenvalue weighted by Gasteiger charge is -2.11. The summed E-state index contributed by atoms with van der Waals surface area (Å²) >= 11 is 0. The van der Waals surface area contributed by atoms with E-state index < -0.39 is 0 Å². The molecule has 0 aliphatic heterocycles. The lowest BCUT2D eigenvalue weighted by molar-refractivity contribution is 0.112. The summed E-state index contributed by atoms with van der Waals surface area (Å²) in [5.74, 6) is 0.793. The molecule has 2 aromatic rings. The van der Waals surface area contributed by atoms with Gasteiger partial charge in [0.25, 0.3) is 0 Å². The summed E-state index contributed by atoms with van der Waals surface area (Å²) in [4.78, 5) is 11.5. The maximum Gasteiger partial charge on any atom is 0.150 e. The molecule has 3 heteroatoms. The van der Waals surface area contributed by atoms with Crippen LogP contribution in [0.15, 0.2) is 42.5 Å². The van der Waals surface area contributed by atoms with E-state index in [9.17, 15) is 4.79 Å². The van der Waals surface area contributed by atoms with Crippen molar-refractivity contribution in [1.29, 1.82) is 5.41 Å². The van der Waals surface area contributed by atoms with Crippen molar-refractivity contribution in [3.63, 3.8) is 0 Å². The molecule has 156 valence electrons. The number of carbonyl (C=O) groups is 1. The van der Waals surface area contributed by atoms with Crippen molar-refractivity contribution < 1.29 is 9.53 Å². The highest BCUT2D eigenvalue weighted by Crippen LogP contribution is 2.28. The highest BCUT2D eigenvalue weighted by molar-refractivity contribution is 5.88. The lowest BCUT2D eigenvalue weighted by atomic mass is 9.97. The highest BCUT2D eigenvalue weighted by atomic mass is 16.5. The molecule has 0 bridgehead atoms. The van der Waals surface area contributed by atoms with Crippen LogP contribution in [0, 0.1) is 5.41 Å². The Morgan fingerprint density at radius 1 is 0.931 bits per heavy atom. The van der Waals surface area contributed by atoms with Crippen LogP contribution in [0.4, 0.5) is 0 Å². The maximum absolute atomic E-state index is 11.5. The minimum atomic E-state index is 0.635. The predicted molar refractivity (Wildman–Crippen MR) is 122 cm³/mol. The largest absolute Gasteiger partial charge is 0.494 e. The fourth-order valence-electron chi connectivity index (χ4n) is 3.47. The van der Waals surface area contributed by atoms with Crippen molar-refractivity contribution >= 4 is 12.0 Å². The number of aldehydes is 1. The fraction of sp³-hybridized carbons (Fsp3) is 0.462. The Balaban J connectivity index is 1.96. The van der Waals surface area contributed by atoms with Gasteiger partial charge in [-0.3, -0.25) is 4.79 Å². The van der Waals surface area contributed by atoms with E-state index in [1.807, 2.05) is 18.2 Å². The Kier molecular flexibility index (Phi) is 10.2. The third kappa shape index (κ3) is 7.84. The van der Waals surface area contributed by atoms with Crippen LogP contribution in [0.1, 0.15) is 81.1 Å². The van der Waals surface area contributed by atoms with Gasteiger partial charge in [0.1, 0.15) is 5.75 Å². The zero-order valence-corrected chi connectivity index (χ0v) is 18.0. The summed E-state index contributed by atoms with van der Waals surface area (Å²) < 4.78 is 5.91. The van der Waals surface area contributed by atoms with Crippen LogP contribution in [0.5, 0.6) is 5.75 Å². The SMILES string of the molecule is CCCCCc1ccc(-c2cc(OCCCCC(=N)CCC)ccc2C=O)cc1. The molecule has 0 aromatic heterocycles. The monoisotopic (exact) mass is 393 g/mol. The molecule has 0 radical (unpaired) electrons. The Morgan fingerprint density at radius 3 is 2.41 bits per heavy atom. The molecule has 0 heterocycles. The third-order valence-corrected chi connectivity index (χ3v) is 5.18. The first kappa shape index (κ1) is 22.9. The zero-order valence-electron chi connectivity index (χ0n) is 18.0. The van der Waals surface area contributed by atoms with Crippen LogP contribution < -0.4 is 4.74 Å². The molecular formula is C26H35NO2. The molecule has 29 heavy (non-hydrogen) atoms. The molecule has 0 saturated carbocycles. The summed E-state index contributed by atoms with van der Waals surface area (Å²) in [6.07, 6.45) is 10.4. The molecule has 2 aromatic carbocycles. The van der Waals surface area contributed by atoms with E-state index in [1.54, 1.807) is 0 Å². The topological polar surface area (TPSA) is 50.1 Å². The molecule has 0 atom stereocenters.